The van der Waals surface area contributed by atoms with Crippen molar-refractivity contribution in [1.82, 2.24) is 0 Å². The Morgan fingerprint density at radius 2 is 2.10 bits per heavy atom. The SMILES string of the molecule is COc1ccc(C(Br)CCC2CCCCO2)c(OC)c1Br. The summed E-state index contributed by atoms with van der Waals surface area (Å²) in [6.07, 6.45) is 6.18. The van der Waals surface area contributed by atoms with E-state index < -0.39 is 0 Å². The summed E-state index contributed by atoms with van der Waals surface area (Å²) in [6, 6.07) is 4.02. The van der Waals surface area contributed by atoms with Gasteiger partial charge in [-0.25, -0.2) is 0 Å². The van der Waals surface area contributed by atoms with Crippen molar-refractivity contribution in [3.8, 4) is 11.5 Å². The van der Waals surface area contributed by atoms with Crippen LogP contribution in [0.2, 0.25) is 0 Å². The zero-order valence-corrected chi connectivity index (χ0v) is 15.7. The minimum absolute atomic E-state index is 0.250. The molecule has 1 aromatic carbocycles. The summed E-state index contributed by atoms with van der Waals surface area (Å²) in [7, 11) is 3.35. The molecule has 2 unspecified atom stereocenters. The minimum Gasteiger partial charge on any atom is -0.495 e. The fourth-order valence-electron chi connectivity index (χ4n) is 2.69. The molecule has 1 heterocycles. The minimum atomic E-state index is 0.250. The Labute approximate surface area is 143 Å². The highest BCUT2D eigenvalue weighted by molar-refractivity contribution is 9.10. The van der Waals surface area contributed by atoms with Gasteiger partial charge in [0.25, 0.3) is 0 Å². The monoisotopic (exact) mass is 420 g/mol. The Kier molecular flexibility index (Phi) is 6.83. The molecule has 3 nitrogen and oxygen atoms in total. The second-order valence-electron chi connectivity index (χ2n) is 5.24. The molecule has 0 aromatic heterocycles. The van der Waals surface area contributed by atoms with Gasteiger partial charge in [-0.1, -0.05) is 22.0 Å². The van der Waals surface area contributed by atoms with E-state index in [9.17, 15) is 0 Å². The van der Waals surface area contributed by atoms with Crippen molar-refractivity contribution in [3.05, 3.63) is 22.2 Å². The molecule has 0 N–H and O–H groups in total. The number of halogens is 2. The molecule has 0 aliphatic carbocycles. The Bertz CT molecular complexity index is 459. The molecule has 1 saturated heterocycles. The molecule has 1 aliphatic heterocycles. The summed E-state index contributed by atoms with van der Waals surface area (Å²) >= 11 is 7.34. The van der Waals surface area contributed by atoms with Crippen molar-refractivity contribution in [1.29, 1.82) is 0 Å². The maximum Gasteiger partial charge on any atom is 0.141 e. The summed E-state index contributed by atoms with van der Waals surface area (Å²) < 4.78 is 17.5. The van der Waals surface area contributed by atoms with Crippen LogP contribution in [0.25, 0.3) is 0 Å². The van der Waals surface area contributed by atoms with E-state index in [1.807, 2.05) is 6.07 Å². The second kappa shape index (κ2) is 8.39. The molecule has 1 aromatic rings. The van der Waals surface area contributed by atoms with Crippen molar-refractivity contribution in [2.45, 2.75) is 43.0 Å². The molecule has 5 heteroatoms. The first kappa shape index (κ1) is 17.1. The molecule has 0 saturated carbocycles. The largest absolute Gasteiger partial charge is 0.495 e. The highest BCUT2D eigenvalue weighted by Gasteiger charge is 2.21. The third-order valence-electron chi connectivity index (χ3n) is 3.87. The number of rotatable bonds is 6. The van der Waals surface area contributed by atoms with E-state index >= 15 is 0 Å². The zero-order valence-electron chi connectivity index (χ0n) is 12.5. The van der Waals surface area contributed by atoms with Crippen LogP contribution in [0.1, 0.15) is 42.5 Å². The molecular weight excluding hydrogens is 400 g/mol. The topological polar surface area (TPSA) is 27.7 Å². The molecule has 0 spiro atoms. The molecule has 21 heavy (non-hydrogen) atoms. The van der Waals surface area contributed by atoms with Crippen molar-refractivity contribution >= 4 is 31.9 Å². The third-order valence-corrected chi connectivity index (χ3v) is 5.57. The smallest absolute Gasteiger partial charge is 0.141 e. The van der Waals surface area contributed by atoms with Gasteiger partial charge in [0.2, 0.25) is 0 Å². The van der Waals surface area contributed by atoms with Crippen molar-refractivity contribution in [2.75, 3.05) is 20.8 Å². The van der Waals surface area contributed by atoms with Crippen molar-refractivity contribution < 1.29 is 14.2 Å². The van der Waals surface area contributed by atoms with Gasteiger partial charge in [0.15, 0.2) is 0 Å². The highest BCUT2D eigenvalue weighted by Crippen LogP contribution is 2.43. The van der Waals surface area contributed by atoms with Gasteiger partial charge in [-0.15, -0.1) is 0 Å². The molecule has 1 aliphatic rings. The number of methoxy groups -OCH3 is 2. The van der Waals surface area contributed by atoms with Gasteiger partial charge in [0.05, 0.1) is 20.3 Å². The molecule has 0 bridgehead atoms. The van der Waals surface area contributed by atoms with E-state index in [1.54, 1.807) is 14.2 Å². The Morgan fingerprint density at radius 3 is 2.71 bits per heavy atom. The maximum absolute atomic E-state index is 5.80. The van der Waals surface area contributed by atoms with Crippen LogP contribution in [0.5, 0.6) is 11.5 Å². The van der Waals surface area contributed by atoms with Gasteiger partial charge in [0, 0.05) is 17.0 Å². The summed E-state index contributed by atoms with van der Waals surface area (Å²) in [5.41, 5.74) is 1.14. The lowest BCUT2D eigenvalue weighted by Crippen LogP contribution is -2.19. The Hall–Kier alpha value is -0.260. The zero-order chi connectivity index (χ0) is 15.2. The average molecular weight is 422 g/mol. The Morgan fingerprint density at radius 1 is 1.29 bits per heavy atom. The van der Waals surface area contributed by atoms with Gasteiger partial charge in [-0.2, -0.15) is 0 Å². The van der Waals surface area contributed by atoms with Gasteiger partial charge in [0.1, 0.15) is 16.0 Å². The quantitative estimate of drug-likeness (QED) is 0.587. The fourth-order valence-corrected chi connectivity index (χ4v) is 4.00. The molecule has 1 fully saturated rings. The third kappa shape index (κ3) is 4.36. The van der Waals surface area contributed by atoms with Crippen LogP contribution in [0.4, 0.5) is 0 Å². The van der Waals surface area contributed by atoms with Gasteiger partial charge in [-0.05, 0) is 54.1 Å². The maximum atomic E-state index is 5.80. The van der Waals surface area contributed by atoms with Crippen LogP contribution in [0, 0.1) is 0 Å². The van der Waals surface area contributed by atoms with Crippen molar-refractivity contribution in [3.63, 3.8) is 0 Å². The van der Waals surface area contributed by atoms with E-state index in [-0.39, 0.29) is 4.83 Å². The molecule has 0 amide bonds. The summed E-state index contributed by atoms with van der Waals surface area (Å²) in [5, 5.41) is 0. The van der Waals surface area contributed by atoms with Crippen LogP contribution in [-0.2, 0) is 4.74 Å². The van der Waals surface area contributed by atoms with Crippen LogP contribution < -0.4 is 9.47 Å². The fraction of sp³-hybridized carbons (Fsp3) is 0.625. The average Bonchev–Trinajstić information content (AvgIpc) is 2.53. The standard InChI is InChI=1S/C16H22Br2O3/c1-19-14-9-7-12(16(20-2)15(14)18)13(17)8-6-11-5-3-4-10-21-11/h7,9,11,13H,3-6,8,10H2,1-2H3. The van der Waals surface area contributed by atoms with Crippen LogP contribution in [-0.4, -0.2) is 26.9 Å². The normalized spacial score (nSPS) is 20.1. The lowest BCUT2D eigenvalue weighted by Gasteiger charge is -2.24. The van der Waals surface area contributed by atoms with Gasteiger partial charge >= 0.3 is 0 Å². The van der Waals surface area contributed by atoms with E-state index in [4.69, 9.17) is 14.2 Å². The number of benzene rings is 1. The molecular formula is C16H22Br2O3. The van der Waals surface area contributed by atoms with Crippen molar-refractivity contribution in [2.24, 2.45) is 0 Å². The predicted molar refractivity (Wildman–Crippen MR) is 91.7 cm³/mol. The lowest BCUT2D eigenvalue weighted by molar-refractivity contribution is 0.0101. The number of hydrogen-bond acceptors (Lipinski definition) is 3. The number of ether oxygens (including phenoxy) is 3. The highest BCUT2D eigenvalue weighted by atomic mass is 79.9. The molecule has 118 valence electrons. The molecule has 2 rings (SSSR count). The molecule has 2 atom stereocenters. The van der Waals surface area contributed by atoms with Crippen LogP contribution in [0.3, 0.4) is 0 Å². The number of hydrogen-bond donors (Lipinski definition) is 0. The lowest BCUT2D eigenvalue weighted by atomic mass is 10.0. The van der Waals surface area contributed by atoms with E-state index in [2.05, 4.69) is 37.9 Å². The van der Waals surface area contributed by atoms with Crippen LogP contribution >= 0.6 is 31.9 Å². The van der Waals surface area contributed by atoms with Crippen LogP contribution in [0.15, 0.2) is 16.6 Å². The first-order chi connectivity index (χ1) is 10.2. The van der Waals surface area contributed by atoms with Gasteiger partial charge < -0.3 is 14.2 Å². The Balaban J connectivity index is 2.04. The van der Waals surface area contributed by atoms with E-state index in [0.29, 0.717) is 6.10 Å². The van der Waals surface area contributed by atoms with Gasteiger partial charge in [-0.3, -0.25) is 0 Å². The molecule has 0 radical (unpaired) electrons. The first-order valence-corrected chi connectivity index (χ1v) is 9.04. The number of alkyl halides is 1. The summed E-state index contributed by atoms with van der Waals surface area (Å²) in [4.78, 5) is 0.250. The second-order valence-corrected chi connectivity index (χ2v) is 7.14. The summed E-state index contributed by atoms with van der Waals surface area (Å²) in [6.45, 7) is 0.912. The van der Waals surface area contributed by atoms with E-state index in [1.165, 1.54) is 19.3 Å². The predicted octanol–water partition coefficient (Wildman–Crippen LogP) is 5.25. The van der Waals surface area contributed by atoms with E-state index in [0.717, 1.165) is 41.0 Å². The summed E-state index contributed by atoms with van der Waals surface area (Å²) in [5.74, 6) is 1.62. The first-order valence-electron chi connectivity index (χ1n) is 7.33.